The van der Waals surface area contributed by atoms with Crippen LogP contribution in [0.15, 0.2) is 102 Å². The highest BCUT2D eigenvalue weighted by molar-refractivity contribution is 7.92. The van der Waals surface area contributed by atoms with Gasteiger partial charge in [0.2, 0.25) is 0 Å². The van der Waals surface area contributed by atoms with Crippen molar-refractivity contribution in [1.29, 1.82) is 0 Å². The van der Waals surface area contributed by atoms with Gasteiger partial charge in [0.05, 0.1) is 11.2 Å². The monoisotopic (exact) mass is 446 g/mol. The predicted octanol–water partition coefficient (Wildman–Crippen LogP) is 3.66. The van der Waals surface area contributed by atoms with Gasteiger partial charge in [-0.15, -0.1) is 0 Å². The summed E-state index contributed by atoms with van der Waals surface area (Å²) in [5.74, 6) is -0.232. The van der Waals surface area contributed by atoms with Gasteiger partial charge in [-0.3, -0.25) is 9.52 Å². The third-order valence-electron chi connectivity index (χ3n) is 4.85. The summed E-state index contributed by atoms with van der Waals surface area (Å²) < 4.78 is 29.3. The first kappa shape index (κ1) is 21.3. The lowest BCUT2D eigenvalue weighted by Gasteiger charge is -2.10. The number of carbonyl (C=O) groups excluding carboxylic acids is 1. The summed E-state index contributed by atoms with van der Waals surface area (Å²) in [7, 11) is -3.67. The molecule has 0 spiro atoms. The Kier molecular flexibility index (Phi) is 6.32. The average Bonchev–Trinajstić information content (AvgIpc) is 3.32. The van der Waals surface area contributed by atoms with Crippen LogP contribution in [0.3, 0.4) is 0 Å². The first-order chi connectivity index (χ1) is 15.5. The largest absolute Gasteiger partial charge is 0.348 e. The summed E-state index contributed by atoms with van der Waals surface area (Å²) >= 11 is 0. The molecule has 0 saturated heterocycles. The predicted molar refractivity (Wildman–Crippen MR) is 123 cm³/mol. The quantitative estimate of drug-likeness (QED) is 0.432. The van der Waals surface area contributed by atoms with Gasteiger partial charge in [-0.25, -0.2) is 13.4 Å². The van der Waals surface area contributed by atoms with Gasteiger partial charge in [0.25, 0.3) is 15.9 Å². The van der Waals surface area contributed by atoms with Crippen molar-refractivity contribution in [3.05, 3.63) is 114 Å². The number of benzene rings is 3. The van der Waals surface area contributed by atoms with E-state index in [1.165, 1.54) is 12.1 Å². The molecule has 4 aromatic rings. The highest BCUT2D eigenvalue weighted by atomic mass is 32.2. The van der Waals surface area contributed by atoms with E-state index >= 15 is 0 Å². The average molecular weight is 447 g/mol. The number of nitrogens with one attached hydrogen (secondary N) is 2. The number of hydrogen-bond acceptors (Lipinski definition) is 4. The molecule has 162 valence electrons. The molecule has 0 aliphatic carbocycles. The molecule has 1 amide bonds. The fraction of sp³-hybridized carbons (Fsp3) is 0.0833. The summed E-state index contributed by atoms with van der Waals surface area (Å²) in [5, 5.41) is 2.88. The van der Waals surface area contributed by atoms with Crippen molar-refractivity contribution >= 4 is 21.6 Å². The molecule has 0 unspecified atom stereocenters. The van der Waals surface area contributed by atoms with Crippen LogP contribution in [0, 0.1) is 0 Å². The normalized spacial score (nSPS) is 11.1. The first-order valence-electron chi connectivity index (χ1n) is 9.99. The van der Waals surface area contributed by atoms with Gasteiger partial charge < -0.3 is 9.88 Å². The second kappa shape index (κ2) is 9.49. The molecule has 7 nitrogen and oxygen atoms in total. The Morgan fingerprint density at radius 2 is 1.56 bits per heavy atom. The van der Waals surface area contributed by atoms with E-state index in [9.17, 15) is 13.2 Å². The van der Waals surface area contributed by atoms with Crippen LogP contribution in [0.25, 0.3) is 0 Å². The van der Waals surface area contributed by atoms with Gasteiger partial charge >= 0.3 is 0 Å². The standard InChI is InChI=1S/C24H22N4O3S/c29-24(26-16-19-6-8-20(9-7-19)17-28-15-14-25-18-28)21-10-12-22(13-11-21)27-32(30,31)23-4-2-1-3-5-23/h1-15,18,27H,16-17H2,(H,26,29). The SMILES string of the molecule is O=C(NCc1ccc(Cn2ccnc2)cc1)c1ccc(NS(=O)(=O)c2ccccc2)cc1. The topological polar surface area (TPSA) is 93.1 Å². The van der Waals surface area contributed by atoms with Crippen LogP contribution in [-0.2, 0) is 23.1 Å². The van der Waals surface area contributed by atoms with Gasteiger partial charge in [0.1, 0.15) is 0 Å². The van der Waals surface area contributed by atoms with E-state index in [1.807, 2.05) is 35.0 Å². The number of sulfonamides is 1. The Morgan fingerprint density at radius 1 is 0.875 bits per heavy atom. The number of anilines is 1. The van der Waals surface area contributed by atoms with Crippen LogP contribution in [-0.4, -0.2) is 23.9 Å². The van der Waals surface area contributed by atoms with Crippen molar-refractivity contribution in [2.45, 2.75) is 18.0 Å². The lowest BCUT2D eigenvalue weighted by molar-refractivity contribution is 0.0951. The summed E-state index contributed by atoms with van der Waals surface area (Å²) in [5.41, 5.74) is 2.97. The van der Waals surface area contributed by atoms with Gasteiger partial charge in [-0.1, -0.05) is 42.5 Å². The maximum atomic E-state index is 12.5. The molecule has 3 aromatic carbocycles. The lowest BCUT2D eigenvalue weighted by atomic mass is 10.1. The number of carbonyl (C=O) groups is 1. The zero-order valence-corrected chi connectivity index (χ0v) is 18.0. The maximum Gasteiger partial charge on any atom is 0.261 e. The Labute approximate surface area is 186 Å². The highest BCUT2D eigenvalue weighted by Gasteiger charge is 2.14. The minimum Gasteiger partial charge on any atom is -0.348 e. The minimum atomic E-state index is -3.67. The summed E-state index contributed by atoms with van der Waals surface area (Å²) in [6, 6.07) is 22.4. The molecule has 4 rings (SSSR count). The number of nitrogens with zero attached hydrogens (tertiary/aromatic N) is 2. The lowest BCUT2D eigenvalue weighted by Crippen LogP contribution is -2.22. The van der Waals surface area contributed by atoms with Crippen molar-refractivity contribution in [3.8, 4) is 0 Å². The van der Waals surface area contributed by atoms with E-state index in [0.717, 1.165) is 17.7 Å². The van der Waals surface area contributed by atoms with Crippen molar-refractivity contribution < 1.29 is 13.2 Å². The summed E-state index contributed by atoms with van der Waals surface area (Å²) in [6.07, 6.45) is 5.42. The molecule has 0 fully saturated rings. The molecule has 0 aliphatic rings. The van der Waals surface area contributed by atoms with Crippen LogP contribution in [0.5, 0.6) is 0 Å². The van der Waals surface area contributed by atoms with E-state index in [1.54, 1.807) is 55.0 Å². The summed E-state index contributed by atoms with van der Waals surface area (Å²) in [6.45, 7) is 1.14. The molecular formula is C24H22N4O3S. The number of imidazole rings is 1. The zero-order valence-electron chi connectivity index (χ0n) is 17.2. The van der Waals surface area contributed by atoms with Gasteiger partial charge in [0, 0.05) is 36.7 Å². The van der Waals surface area contributed by atoms with Crippen molar-refractivity contribution in [3.63, 3.8) is 0 Å². The Hall–Kier alpha value is -3.91. The van der Waals surface area contributed by atoms with E-state index in [2.05, 4.69) is 15.0 Å². The third kappa shape index (κ3) is 5.41. The van der Waals surface area contributed by atoms with Gasteiger partial charge in [-0.05, 0) is 47.5 Å². The number of aromatic nitrogens is 2. The second-order valence-electron chi connectivity index (χ2n) is 7.23. The van der Waals surface area contributed by atoms with Gasteiger partial charge in [-0.2, -0.15) is 0 Å². The number of hydrogen-bond donors (Lipinski definition) is 2. The van der Waals surface area contributed by atoms with Crippen molar-refractivity contribution in [2.24, 2.45) is 0 Å². The fourth-order valence-corrected chi connectivity index (χ4v) is 4.22. The molecule has 1 aromatic heterocycles. The highest BCUT2D eigenvalue weighted by Crippen LogP contribution is 2.16. The van der Waals surface area contributed by atoms with E-state index in [-0.39, 0.29) is 10.8 Å². The molecule has 8 heteroatoms. The second-order valence-corrected chi connectivity index (χ2v) is 8.91. The van der Waals surface area contributed by atoms with Crippen molar-refractivity contribution in [2.75, 3.05) is 4.72 Å². The molecule has 1 heterocycles. The van der Waals surface area contributed by atoms with E-state index < -0.39 is 10.0 Å². The maximum absolute atomic E-state index is 12.5. The Bertz CT molecular complexity index is 1270. The zero-order chi connectivity index (χ0) is 22.4. The molecular weight excluding hydrogens is 424 g/mol. The molecule has 0 saturated carbocycles. The van der Waals surface area contributed by atoms with Crippen LogP contribution < -0.4 is 10.0 Å². The van der Waals surface area contributed by atoms with Crippen LogP contribution >= 0.6 is 0 Å². The minimum absolute atomic E-state index is 0.179. The number of rotatable bonds is 8. The Morgan fingerprint density at radius 3 is 2.22 bits per heavy atom. The van der Waals surface area contributed by atoms with Crippen molar-refractivity contribution in [1.82, 2.24) is 14.9 Å². The molecule has 0 atom stereocenters. The fourth-order valence-electron chi connectivity index (χ4n) is 3.14. The molecule has 32 heavy (non-hydrogen) atoms. The smallest absolute Gasteiger partial charge is 0.261 e. The first-order valence-corrected chi connectivity index (χ1v) is 11.5. The third-order valence-corrected chi connectivity index (χ3v) is 6.25. The molecule has 0 radical (unpaired) electrons. The van der Waals surface area contributed by atoms with Crippen LogP contribution in [0.2, 0.25) is 0 Å². The van der Waals surface area contributed by atoms with Crippen LogP contribution in [0.1, 0.15) is 21.5 Å². The summed E-state index contributed by atoms with van der Waals surface area (Å²) in [4.78, 5) is 16.7. The van der Waals surface area contributed by atoms with Crippen LogP contribution in [0.4, 0.5) is 5.69 Å². The Balaban J connectivity index is 1.32. The molecule has 0 bridgehead atoms. The molecule has 2 N–H and O–H groups in total. The number of amides is 1. The van der Waals surface area contributed by atoms with E-state index in [4.69, 9.17) is 0 Å². The molecule has 0 aliphatic heterocycles. The van der Waals surface area contributed by atoms with Gasteiger partial charge in [0.15, 0.2) is 0 Å². The van der Waals surface area contributed by atoms with E-state index in [0.29, 0.717) is 17.8 Å².